The molecule has 1 aromatic rings. The van der Waals surface area contributed by atoms with E-state index in [0.717, 1.165) is 31.2 Å². The molecule has 4 nitrogen and oxygen atoms in total. The maximum atomic E-state index is 12.1. The van der Waals surface area contributed by atoms with Crippen molar-refractivity contribution >= 4 is 11.9 Å². The van der Waals surface area contributed by atoms with Crippen LogP contribution in [0.15, 0.2) is 78.9 Å². The molecule has 0 aliphatic rings. The van der Waals surface area contributed by atoms with Crippen molar-refractivity contribution in [3.05, 3.63) is 84.5 Å². The second-order valence-electron chi connectivity index (χ2n) is 8.11. The van der Waals surface area contributed by atoms with Gasteiger partial charge in [-0.15, -0.1) is 0 Å². The molecule has 1 N–H and O–H groups in total. The number of hydrogen-bond acceptors (Lipinski definition) is 3. The summed E-state index contributed by atoms with van der Waals surface area (Å²) < 4.78 is 0. The van der Waals surface area contributed by atoms with Gasteiger partial charge in [0.25, 0.3) is 0 Å². The van der Waals surface area contributed by atoms with E-state index in [-0.39, 0.29) is 12.3 Å². The first kappa shape index (κ1) is 28.2. The van der Waals surface area contributed by atoms with E-state index < -0.39 is 12.0 Å². The Morgan fingerprint density at radius 2 is 1.36 bits per heavy atom. The molecule has 0 unspecified atom stereocenters. The topological polar surface area (TPSA) is 69.2 Å². The Morgan fingerprint density at radius 1 is 0.818 bits per heavy atom. The van der Waals surface area contributed by atoms with Crippen molar-refractivity contribution in [2.24, 2.45) is 0 Å². The molecule has 180 valence electrons. The summed E-state index contributed by atoms with van der Waals surface area (Å²) in [5.74, 6) is -1.51. The van der Waals surface area contributed by atoms with Gasteiger partial charge in [-0.05, 0) is 56.9 Å². The van der Waals surface area contributed by atoms with Crippen molar-refractivity contribution in [1.29, 1.82) is 0 Å². The van der Waals surface area contributed by atoms with Gasteiger partial charge in [0.05, 0.1) is 12.0 Å². The van der Waals surface area contributed by atoms with E-state index in [1.165, 1.54) is 25.7 Å². The van der Waals surface area contributed by atoms with Gasteiger partial charge < -0.3 is 15.2 Å². The Morgan fingerprint density at radius 3 is 1.91 bits per heavy atom. The van der Waals surface area contributed by atoms with Gasteiger partial charge in [-0.2, -0.15) is 0 Å². The lowest BCUT2D eigenvalue weighted by Crippen LogP contribution is -2.49. The van der Waals surface area contributed by atoms with Gasteiger partial charge in [-0.1, -0.05) is 98.7 Å². The Balaban J connectivity index is 2.09. The first-order valence-electron chi connectivity index (χ1n) is 12.3. The van der Waals surface area contributed by atoms with Crippen molar-refractivity contribution in [3.63, 3.8) is 0 Å². The molecule has 0 aliphatic heterocycles. The maximum absolute atomic E-state index is 12.1. The van der Waals surface area contributed by atoms with Crippen LogP contribution in [0.4, 0.5) is 0 Å². The average Bonchev–Trinajstić information content (AvgIpc) is 2.81. The fourth-order valence-corrected chi connectivity index (χ4v) is 3.25. The minimum absolute atomic E-state index is 0.228. The van der Waals surface area contributed by atoms with E-state index in [0.29, 0.717) is 12.8 Å². The molecule has 33 heavy (non-hydrogen) atoms. The zero-order valence-electron chi connectivity index (χ0n) is 20.1. The third kappa shape index (κ3) is 16.4. The highest BCUT2D eigenvalue weighted by molar-refractivity contribution is 5.82. The van der Waals surface area contributed by atoms with E-state index >= 15 is 0 Å². The molecule has 0 aliphatic carbocycles. The molecule has 1 atom stereocenters. The molecule has 0 spiro atoms. The number of hydrogen-bond donors (Lipinski definition) is 1. The van der Waals surface area contributed by atoms with Crippen LogP contribution in [0.2, 0.25) is 0 Å². The minimum atomic E-state index is -1.26. The van der Waals surface area contributed by atoms with E-state index in [1.54, 1.807) is 0 Å². The number of rotatable bonds is 18. The lowest BCUT2D eigenvalue weighted by Gasteiger charge is -2.19. The highest BCUT2D eigenvalue weighted by atomic mass is 16.4. The highest BCUT2D eigenvalue weighted by Gasteiger charge is 2.13. The Kier molecular flexibility index (Phi) is 16.9. The molecule has 4 heteroatoms. The number of nitrogens with one attached hydrogen (secondary N) is 1. The summed E-state index contributed by atoms with van der Waals surface area (Å²) in [6.07, 6.45) is 27.3. The molecule has 1 rings (SSSR count). The van der Waals surface area contributed by atoms with Crippen molar-refractivity contribution in [2.75, 3.05) is 0 Å². The van der Waals surface area contributed by atoms with E-state index in [2.05, 4.69) is 60.8 Å². The molecule has 0 bridgehead atoms. The zero-order chi connectivity index (χ0) is 24.0. The summed E-state index contributed by atoms with van der Waals surface area (Å²) in [5.41, 5.74) is 0.855. The molecule has 1 aromatic carbocycles. The first-order chi connectivity index (χ1) is 16.1. The van der Waals surface area contributed by atoms with Crippen molar-refractivity contribution in [3.8, 4) is 0 Å². The number of carbonyl (C=O) groups is 2. The van der Waals surface area contributed by atoms with Crippen LogP contribution in [0, 0.1) is 0 Å². The number of amides is 1. The second-order valence-corrected chi connectivity index (χ2v) is 8.11. The van der Waals surface area contributed by atoms with Gasteiger partial charge in [0.2, 0.25) is 5.91 Å². The van der Waals surface area contributed by atoms with Crippen LogP contribution in [-0.2, 0) is 16.0 Å². The van der Waals surface area contributed by atoms with Crippen LogP contribution in [0.5, 0.6) is 0 Å². The predicted octanol–water partition coefficient (Wildman–Crippen LogP) is 5.61. The average molecular weight is 451 g/mol. The number of allylic oxidation sites excluding steroid dienone is 8. The Labute approximate surface area is 200 Å². The molecule has 0 saturated heterocycles. The summed E-state index contributed by atoms with van der Waals surface area (Å²) >= 11 is 0. The van der Waals surface area contributed by atoms with Gasteiger partial charge in [-0.3, -0.25) is 4.79 Å². The molecule has 0 radical (unpaired) electrons. The van der Waals surface area contributed by atoms with Gasteiger partial charge >= 0.3 is 0 Å². The van der Waals surface area contributed by atoms with Crippen LogP contribution in [-0.4, -0.2) is 17.9 Å². The maximum Gasteiger partial charge on any atom is 0.220 e. The highest BCUT2D eigenvalue weighted by Crippen LogP contribution is 2.05. The van der Waals surface area contributed by atoms with Gasteiger partial charge in [0.15, 0.2) is 0 Å². The Hall–Kier alpha value is -2.88. The largest absolute Gasteiger partial charge is 0.548 e. The normalized spacial score (nSPS) is 12.9. The number of aliphatic carboxylic acids is 1. The summed E-state index contributed by atoms with van der Waals surface area (Å²) in [4.78, 5) is 23.4. The molecule has 1 amide bonds. The van der Waals surface area contributed by atoms with Crippen LogP contribution < -0.4 is 10.4 Å². The summed E-state index contributed by atoms with van der Waals surface area (Å²) in [5, 5.41) is 13.9. The molecular formula is C29H40NO3-. The van der Waals surface area contributed by atoms with Crippen molar-refractivity contribution in [2.45, 2.75) is 83.6 Å². The smallest absolute Gasteiger partial charge is 0.220 e. The number of carboxylic acid groups (broad SMARTS) is 1. The first-order valence-corrected chi connectivity index (χ1v) is 12.3. The van der Waals surface area contributed by atoms with Crippen LogP contribution in [0.3, 0.4) is 0 Å². The number of carboxylic acids is 1. The van der Waals surface area contributed by atoms with Crippen LogP contribution >= 0.6 is 0 Å². The summed E-state index contributed by atoms with van der Waals surface area (Å²) in [6.45, 7) is 2.23. The number of benzene rings is 1. The predicted molar refractivity (Wildman–Crippen MR) is 135 cm³/mol. The molecule has 0 aromatic heterocycles. The summed E-state index contributed by atoms with van der Waals surface area (Å²) in [6, 6.07) is 8.23. The number of unbranched alkanes of at least 4 members (excludes halogenated alkanes) is 4. The summed E-state index contributed by atoms with van der Waals surface area (Å²) in [7, 11) is 0. The Bertz CT molecular complexity index is 762. The molecule has 0 heterocycles. The fourth-order valence-electron chi connectivity index (χ4n) is 3.25. The zero-order valence-corrected chi connectivity index (χ0v) is 20.1. The van der Waals surface area contributed by atoms with Crippen LogP contribution in [0.25, 0.3) is 0 Å². The van der Waals surface area contributed by atoms with Gasteiger partial charge in [-0.25, -0.2) is 0 Å². The van der Waals surface area contributed by atoms with Crippen LogP contribution in [0.1, 0.15) is 76.7 Å². The SMILES string of the molecule is CCCCC/C=C\C/C=C\C/C=C\C/C=C\CCCC(=O)N[C@@H](Cc1ccccc1)C(=O)[O-]. The molecule has 0 fully saturated rings. The lowest BCUT2D eigenvalue weighted by atomic mass is 10.1. The van der Waals surface area contributed by atoms with Crippen molar-refractivity contribution in [1.82, 2.24) is 5.32 Å². The molecular weight excluding hydrogens is 410 g/mol. The fraction of sp³-hybridized carbons (Fsp3) is 0.448. The van der Waals surface area contributed by atoms with E-state index in [4.69, 9.17) is 0 Å². The molecule has 0 saturated carbocycles. The third-order valence-electron chi connectivity index (χ3n) is 5.13. The monoisotopic (exact) mass is 450 g/mol. The van der Waals surface area contributed by atoms with E-state index in [1.807, 2.05) is 30.3 Å². The third-order valence-corrected chi connectivity index (χ3v) is 5.13. The number of carbonyl (C=O) groups excluding carboxylic acids is 2. The van der Waals surface area contributed by atoms with Gasteiger partial charge in [0.1, 0.15) is 0 Å². The van der Waals surface area contributed by atoms with Crippen molar-refractivity contribution < 1.29 is 14.7 Å². The minimum Gasteiger partial charge on any atom is -0.548 e. The lowest BCUT2D eigenvalue weighted by molar-refractivity contribution is -0.308. The van der Waals surface area contributed by atoms with E-state index in [9.17, 15) is 14.7 Å². The quantitative estimate of drug-likeness (QED) is 0.233. The van der Waals surface area contributed by atoms with Gasteiger partial charge in [0, 0.05) is 6.42 Å². The standard InChI is InChI=1S/C29H41NO3/c1-2-3-4-5-6-7-8-9-10-11-12-13-14-15-16-17-21-24-28(31)30-27(29(32)33)25-26-22-19-18-20-23-26/h6-7,9-10,12-13,15-16,18-20,22-23,27H,2-5,8,11,14,17,21,24-25H2,1H3,(H,30,31)(H,32,33)/p-1/b7-6-,10-9-,13-12-,16-15-/t27-/m0/s1. The second kappa shape index (κ2) is 19.8.